The molecule has 10 heteroatoms. The van der Waals surface area contributed by atoms with Gasteiger partial charge in [-0.25, -0.2) is 14.5 Å². The first-order valence-corrected chi connectivity index (χ1v) is 9.88. The van der Waals surface area contributed by atoms with Crippen LogP contribution in [-0.4, -0.2) is 42.1 Å². The second-order valence-electron chi connectivity index (χ2n) is 6.71. The summed E-state index contributed by atoms with van der Waals surface area (Å²) in [7, 11) is 0. The molecule has 0 saturated carbocycles. The van der Waals surface area contributed by atoms with Gasteiger partial charge in [-0.2, -0.15) is 0 Å². The summed E-state index contributed by atoms with van der Waals surface area (Å²) in [5.41, 5.74) is 1.11. The molecular formula is C22H19ClN2O7. The summed E-state index contributed by atoms with van der Waals surface area (Å²) >= 11 is 6.12. The van der Waals surface area contributed by atoms with Gasteiger partial charge in [0.15, 0.2) is 18.1 Å². The third kappa shape index (κ3) is 4.89. The van der Waals surface area contributed by atoms with Crippen molar-refractivity contribution in [1.82, 2.24) is 5.32 Å². The van der Waals surface area contributed by atoms with Crippen molar-refractivity contribution in [3.63, 3.8) is 0 Å². The molecule has 1 aliphatic rings. The Bertz CT molecular complexity index is 1140. The number of halogens is 1. The summed E-state index contributed by atoms with van der Waals surface area (Å²) in [6.45, 7) is 3.23. The number of carbonyl (C=O) groups is 4. The van der Waals surface area contributed by atoms with Gasteiger partial charge in [-0.05, 0) is 55.3 Å². The van der Waals surface area contributed by atoms with Gasteiger partial charge >= 0.3 is 12.0 Å². The Kier molecular flexibility index (Phi) is 6.79. The molecule has 0 radical (unpaired) electrons. The zero-order valence-electron chi connectivity index (χ0n) is 17.2. The number of nitrogens with zero attached hydrogens (tertiary/aromatic N) is 1. The number of amides is 4. The fourth-order valence-electron chi connectivity index (χ4n) is 2.92. The van der Waals surface area contributed by atoms with Gasteiger partial charge in [0, 0.05) is 5.02 Å². The molecule has 1 heterocycles. The minimum Gasteiger partial charge on any atom is -0.490 e. The van der Waals surface area contributed by atoms with Gasteiger partial charge in [0.1, 0.15) is 5.57 Å². The number of urea groups is 1. The van der Waals surface area contributed by atoms with Crippen molar-refractivity contribution in [2.24, 2.45) is 0 Å². The van der Waals surface area contributed by atoms with Crippen LogP contribution in [0.1, 0.15) is 18.1 Å². The van der Waals surface area contributed by atoms with Crippen molar-refractivity contribution in [3.05, 3.63) is 58.1 Å². The smallest absolute Gasteiger partial charge is 0.341 e. The molecular weight excluding hydrogens is 440 g/mol. The maximum absolute atomic E-state index is 13.0. The Balaban J connectivity index is 1.97. The predicted octanol–water partition coefficient (Wildman–Crippen LogP) is 3.18. The molecule has 0 bridgehead atoms. The minimum absolute atomic E-state index is 0.196. The van der Waals surface area contributed by atoms with Crippen molar-refractivity contribution in [2.75, 3.05) is 18.1 Å². The SMILES string of the molecule is CCOc1cc(/C=C2/C(=O)NC(=O)N(c3ccc(C)c(Cl)c3)C2=O)ccc1OCC(=O)O. The van der Waals surface area contributed by atoms with E-state index in [-0.39, 0.29) is 29.4 Å². The maximum Gasteiger partial charge on any atom is 0.341 e. The number of aliphatic carboxylic acids is 1. The number of barbiturate groups is 1. The molecule has 1 fully saturated rings. The fraction of sp³-hybridized carbons (Fsp3) is 0.182. The largest absolute Gasteiger partial charge is 0.490 e. The highest BCUT2D eigenvalue weighted by atomic mass is 35.5. The molecule has 0 unspecified atom stereocenters. The van der Waals surface area contributed by atoms with E-state index >= 15 is 0 Å². The number of hydrogen-bond acceptors (Lipinski definition) is 6. The third-order valence-electron chi connectivity index (χ3n) is 4.45. The van der Waals surface area contributed by atoms with Crippen LogP contribution >= 0.6 is 11.6 Å². The van der Waals surface area contributed by atoms with Crippen LogP contribution in [0.15, 0.2) is 42.0 Å². The number of aryl methyl sites for hydroxylation is 1. The molecule has 9 nitrogen and oxygen atoms in total. The van der Waals surface area contributed by atoms with E-state index in [1.54, 1.807) is 26.0 Å². The van der Waals surface area contributed by atoms with Crippen LogP contribution in [0.3, 0.4) is 0 Å². The maximum atomic E-state index is 13.0. The van der Waals surface area contributed by atoms with E-state index in [9.17, 15) is 19.2 Å². The van der Waals surface area contributed by atoms with E-state index in [0.29, 0.717) is 10.6 Å². The predicted molar refractivity (Wildman–Crippen MR) is 116 cm³/mol. The Labute approximate surface area is 188 Å². The highest BCUT2D eigenvalue weighted by Crippen LogP contribution is 2.31. The average molecular weight is 459 g/mol. The molecule has 0 aromatic heterocycles. The lowest BCUT2D eigenvalue weighted by Crippen LogP contribution is -2.54. The zero-order valence-corrected chi connectivity index (χ0v) is 17.9. The first kappa shape index (κ1) is 22.8. The Morgan fingerprint density at radius 2 is 1.88 bits per heavy atom. The Morgan fingerprint density at radius 1 is 1.12 bits per heavy atom. The lowest BCUT2D eigenvalue weighted by Gasteiger charge is -2.26. The van der Waals surface area contributed by atoms with Crippen LogP contribution in [0.5, 0.6) is 11.5 Å². The summed E-state index contributed by atoms with van der Waals surface area (Å²) < 4.78 is 10.7. The summed E-state index contributed by atoms with van der Waals surface area (Å²) in [5.74, 6) is -2.38. The van der Waals surface area contributed by atoms with E-state index < -0.39 is 30.4 Å². The van der Waals surface area contributed by atoms with Crippen LogP contribution < -0.4 is 19.7 Å². The standard InChI is InChI=1S/C22H19ClN2O7/c1-3-31-18-9-13(5-7-17(18)32-11-19(26)27)8-15-20(28)24-22(30)25(21(15)29)14-6-4-12(2)16(23)10-14/h4-10H,3,11H2,1-2H3,(H,26,27)(H,24,28,30)/b15-8-. The number of rotatable bonds is 7. The molecule has 1 aliphatic heterocycles. The molecule has 166 valence electrons. The molecule has 0 atom stereocenters. The molecule has 2 N–H and O–H groups in total. The second kappa shape index (κ2) is 9.52. The van der Waals surface area contributed by atoms with E-state index in [1.165, 1.54) is 30.3 Å². The normalized spacial score (nSPS) is 15.0. The van der Waals surface area contributed by atoms with Crippen LogP contribution in [0.25, 0.3) is 6.08 Å². The topological polar surface area (TPSA) is 122 Å². The lowest BCUT2D eigenvalue weighted by atomic mass is 10.1. The van der Waals surface area contributed by atoms with Gasteiger partial charge in [-0.1, -0.05) is 23.7 Å². The number of anilines is 1. The number of carboxylic acid groups (broad SMARTS) is 1. The number of nitrogens with one attached hydrogen (secondary N) is 1. The van der Waals surface area contributed by atoms with Crippen molar-refractivity contribution >= 4 is 47.2 Å². The van der Waals surface area contributed by atoms with Crippen molar-refractivity contribution in [2.45, 2.75) is 13.8 Å². The lowest BCUT2D eigenvalue weighted by molar-refractivity contribution is -0.139. The number of hydrogen-bond donors (Lipinski definition) is 2. The zero-order chi connectivity index (χ0) is 23.4. The molecule has 32 heavy (non-hydrogen) atoms. The number of ether oxygens (including phenoxy) is 2. The molecule has 1 saturated heterocycles. The van der Waals surface area contributed by atoms with E-state index in [1.807, 2.05) is 0 Å². The summed E-state index contributed by atoms with van der Waals surface area (Å²) in [6, 6.07) is 8.27. The van der Waals surface area contributed by atoms with Gasteiger partial charge in [0.25, 0.3) is 11.8 Å². The highest BCUT2D eigenvalue weighted by Gasteiger charge is 2.37. The van der Waals surface area contributed by atoms with Crippen molar-refractivity contribution in [1.29, 1.82) is 0 Å². The van der Waals surface area contributed by atoms with Gasteiger partial charge < -0.3 is 14.6 Å². The van der Waals surface area contributed by atoms with Gasteiger partial charge in [0.05, 0.1) is 12.3 Å². The third-order valence-corrected chi connectivity index (χ3v) is 4.85. The molecule has 0 spiro atoms. The number of imide groups is 2. The quantitative estimate of drug-likeness (QED) is 0.482. The van der Waals surface area contributed by atoms with E-state index in [0.717, 1.165) is 10.5 Å². The van der Waals surface area contributed by atoms with E-state index in [4.69, 9.17) is 26.2 Å². The molecule has 4 amide bonds. The van der Waals surface area contributed by atoms with Crippen LogP contribution in [0.2, 0.25) is 5.02 Å². The van der Waals surface area contributed by atoms with Crippen LogP contribution in [-0.2, 0) is 14.4 Å². The van der Waals surface area contributed by atoms with Gasteiger partial charge in [0.2, 0.25) is 0 Å². The molecule has 2 aromatic carbocycles. The van der Waals surface area contributed by atoms with Crippen molar-refractivity contribution < 1.29 is 33.8 Å². The highest BCUT2D eigenvalue weighted by molar-refractivity contribution is 6.39. The van der Waals surface area contributed by atoms with Crippen LogP contribution in [0, 0.1) is 6.92 Å². The minimum atomic E-state index is -1.15. The Hall–Kier alpha value is -3.85. The number of benzene rings is 2. The monoisotopic (exact) mass is 458 g/mol. The van der Waals surface area contributed by atoms with Gasteiger partial charge in [-0.3, -0.25) is 14.9 Å². The first-order chi connectivity index (χ1) is 15.2. The molecule has 3 rings (SSSR count). The summed E-state index contributed by atoms with van der Waals surface area (Å²) in [5, 5.41) is 11.3. The summed E-state index contributed by atoms with van der Waals surface area (Å²) in [6.07, 6.45) is 1.30. The second-order valence-corrected chi connectivity index (χ2v) is 7.12. The summed E-state index contributed by atoms with van der Waals surface area (Å²) in [4.78, 5) is 49.3. The fourth-order valence-corrected chi connectivity index (χ4v) is 3.10. The molecule has 0 aliphatic carbocycles. The Morgan fingerprint density at radius 3 is 2.53 bits per heavy atom. The number of carboxylic acids is 1. The molecule has 2 aromatic rings. The van der Waals surface area contributed by atoms with Crippen LogP contribution in [0.4, 0.5) is 10.5 Å². The van der Waals surface area contributed by atoms with Gasteiger partial charge in [-0.15, -0.1) is 0 Å². The van der Waals surface area contributed by atoms with E-state index in [2.05, 4.69) is 5.32 Å². The first-order valence-electron chi connectivity index (χ1n) is 9.50. The van der Waals surface area contributed by atoms with Crippen molar-refractivity contribution in [3.8, 4) is 11.5 Å². The number of carbonyl (C=O) groups excluding carboxylic acids is 3. The average Bonchev–Trinajstić information content (AvgIpc) is 2.73.